The van der Waals surface area contributed by atoms with E-state index in [0.717, 1.165) is 26.0 Å². The lowest BCUT2D eigenvalue weighted by Crippen LogP contribution is -2.15. The van der Waals surface area contributed by atoms with Crippen molar-refractivity contribution in [3.8, 4) is 0 Å². The summed E-state index contributed by atoms with van der Waals surface area (Å²) in [7, 11) is 0. The Balaban J connectivity index is 1.98. The van der Waals surface area contributed by atoms with Gasteiger partial charge in [0.2, 0.25) is 0 Å². The molecule has 1 aromatic rings. The summed E-state index contributed by atoms with van der Waals surface area (Å²) in [4.78, 5) is 11.0. The lowest BCUT2D eigenvalue weighted by atomic mass is 10.2. The molecule has 4 nitrogen and oxygen atoms in total. The molecule has 0 spiro atoms. The number of hydrogen-bond donors (Lipinski definition) is 0. The monoisotopic (exact) mass is 194 g/mol. The first kappa shape index (κ1) is 9.40. The summed E-state index contributed by atoms with van der Waals surface area (Å²) in [6.07, 6.45) is 5.89. The topological polar surface area (TPSA) is 44.1 Å². The van der Waals surface area contributed by atoms with Crippen LogP contribution in [0.1, 0.15) is 30.1 Å². The third-order valence-corrected chi connectivity index (χ3v) is 2.45. The van der Waals surface area contributed by atoms with Crippen LogP contribution in [0.4, 0.5) is 0 Å². The highest BCUT2D eigenvalue weighted by Crippen LogP contribution is 2.13. The lowest BCUT2D eigenvalue weighted by molar-refractivity contribution is 0.0937. The van der Waals surface area contributed by atoms with Crippen molar-refractivity contribution < 1.29 is 9.53 Å². The van der Waals surface area contributed by atoms with Gasteiger partial charge in [-0.05, 0) is 19.8 Å². The highest BCUT2D eigenvalue weighted by atomic mass is 16.5. The molecule has 1 aliphatic rings. The van der Waals surface area contributed by atoms with Crippen molar-refractivity contribution in [3.05, 3.63) is 18.0 Å². The van der Waals surface area contributed by atoms with E-state index in [1.54, 1.807) is 24.0 Å². The van der Waals surface area contributed by atoms with Crippen molar-refractivity contribution >= 4 is 5.78 Å². The van der Waals surface area contributed by atoms with Gasteiger partial charge in [-0.3, -0.25) is 9.48 Å². The normalized spacial score (nSPS) is 21.4. The van der Waals surface area contributed by atoms with Gasteiger partial charge in [0, 0.05) is 12.8 Å². The molecule has 14 heavy (non-hydrogen) atoms. The van der Waals surface area contributed by atoms with Crippen LogP contribution >= 0.6 is 0 Å². The summed E-state index contributed by atoms with van der Waals surface area (Å²) < 4.78 is 7.27. The van der Waals surface area contributed by atoms with E-state index >= 15 is 0 Å². The van der Waals surface area contributed by atoms with Crippen LogP contribution < -0.4 is 0 Å². The zero-order chi connectivity index (χ0) is 9.97. The molecule has 0 radical (unpaired) electrons. The van der Waals surface area contributed by atoms with Gasteiger partial charge in [-0.15, -0.1) is 0 Å². The van der Waals surface area contributed by atoms with Gasteiger partial charge < -0.3 is 4.74 Å². The molecule has 76 valence electrons. The predicted octanol–water partition coefficient (Wildman–Crippen LogP) is 1.26. The van der Waals surface area contributed by atoms with Gasteiger partial charge >= 0.3 is 0 Å². The largest absolute Gasteiger partial charge is 0.376 e. The standard InChI is InChI=1S/C10H14N2O2/c1-8(13)9-5-11-12(6-9)7-10-3-2-4-14-10/h5-6,10H,2-4,7H2,1H3. The van der Waals surface area contributed by atoms with Crippen LogP contribution in [-0.4, -0.2) is 28.3 Å². The molecule has 1 aliphatic heterocycles. The first-order valence-corrected chi connectivity index (χ1v) is 4.90. The highest BCUT2D eigenvalue weighted by Gasteiger charge is 2.16. The molecular formula is C10H14N2O2. The summed E-state index contributed by atoms with van der Waals surface area (Å²) in [5, 5.41) is 4.12. The van der Waals surface area contributed by atoms with E-state index in [-0.39, 0.29) is 11.9 Å². The van der Waals surface area contributed by atoms with Gasteiger partial charge in [0.15, 0.2) is 5.78 Å². The second-order valence-corrected chi connectivity index (χ2v) is 3.64. The van der Waals surface area contributed by atoms with Crippen LogP contribution in [0.2, 0.25) is 0 Å². The van der Waals surface area contributed by atoms with Crippen molar-refractivity contribution in [2.45, 2.75) is 32.4 Å². The van der Waals surface area contributed by atoms with Gasteiger partial charge in [-0.2, -0.15) is 5.10 Å². The molecule has 1 fully saturated rings. The van der Waals surface area contributed by atoms with Gasteiger partial charge in [0.1, 0.15) is 0 Å². The molecule has 0 bridgehead atoms. The number of ketones is 1. The molecule has 0 aliphatic carbocycles. The summed E-state index contributed by atoms with van der Waals surface area (Å²) in [5.41, 5.74) is 0.669. The van der Waals surface area contributed by atoms with Crippen LogP contribution in [0.25, 0.3) is 0 Å². The maximum atomic E-state index is 11.0. The number of Topliss-reactive ketones (excluding diaryl/α,β-unsaturated/α-hetero) is 1. The van der Waals surface area contributed by atoms with E-state index in [1.165, 1.54) is 0 Å². The SMILES string of the molecule is CC(=O)c1cnn(CC2CCCO2)c1. The predicted molar refractivity (Wildman–Crippen MR) is 51.2 cm³/mol. The third kappa shape index (κ3) is 2.01. The van der Waals surface area contributed by atoms with E-state index in [2.05, 4.69) is 5.10 Å². The number of aromatic nitrogens is 2. The maximum absolute atomic E-state index is 11.0. The summed E-state index contributed by atoms with van der Waals surface area (Å²) in [6, 6.07) is 0. The Morgan fingerprint density at radius 3 is 3.21 bits per heavy atom. The minimum Gasteiger partial charge on any atom is -0.376 e. The number of carbonyl (C=O) groups is 1. The van der Waals surface area contributed by atoms with Crippen LogP contribution in [0.5, 0.6) is 0 Å². The fourth-order valence-electron chi connectivity index (χ4n) is 1.64. The summed E-state index contributed by atoms with van der Waals surface area (Å²) >= 11 is 0. The highest BCUT2D eigenvalue weighted by molar-refractivity contribution is 5.93. The lowest BCUT2D eigenvalue weighted by Gasteiger charge is -2.08. The van der Waals surface area contributed by atoms with Crippen LogP contribution in [0.15, 0.2) is 12.4 Å². The third-order valence-electron chi connectivity index (χ3n) is 2.45. The van der Waals surface area contributed by atoms with E-state index in [4.69, 9.17) is 4.74 Å². The molecule has 0 aromatic carbocycles. The first-order chi connectivity index (χ1) is 6.75. The van der Waals surface area contributed by atoms with E-state index in [1.807, 2.05) is 0 Å². The zero-order valence-corrected chi connectivity index (χ0v) is 8.27. The average Bonchev–Trinajstić information content (AvgIpc) is 2.75. The molecule has 4 heteroatoms. The molecule has 1 aromatic heterocycles. The fraction of sp³-hybridized carbons (Fsp3) is 0.600. The Kier molecular flexibility index (Phi) is 2.63. The van der Waals surface area contributed by atoms with Gasteiger partial charge in [-0.1, -0.05) is 0 Å². The molecule has 1 unspecified atom stereocenters. The quantitative estimate of drug-likeness (QED) is 0.680. The Hall–Kier alpha value is -1.16. The Morgan fingerprint density at radius 1 is 1.79 bits per heavy atom. The second-order valence-electron chi connectivity index (χ2n) is 3.64. The van der Waals surface area contributed by atoms with Gasteiger partial charge in [0.05, 0.1) is 24.4 Å². The number of carbonyl (C=O) groups excluding carboxylic acids is 1. The minimum absolute atomic E-state index is 0.0589. The second kappa shape index (κ2) is 3.92. The smallest absolute Gasteiger partial charge is 0.162 e. The number of nitrogens with zero attached hydrogens (tertiary/aromatic N) is 2. The Labute approximate surface area is 82.9 Å². The first-order valence-electron chi connectivity index (χ1n) is 4.90. The van der Waals surface area contributed by atoms with E-state index in [9.17, 15) is 4.79 Å². The van der Waals surface area contributed by atoms with E-state index < -0.39 is 0 Å². The van der Waals surface area contributed by atoms with Crippen LogP contribution in [0, 0.1) is 0 Å². The zero-order valence-electron chi connectivity index (χ0n) is 8.27. The molecule has 2 heterocycles. The van der Waals surface area contributed by atoms with Crippen molar-refractivity contribution in [2.75, 3.05) is 6.61 Å². The Morgan fingerprint density at radius 2 is 2.64 bits per heavy atom. The number of hydrogen-bond acceptors (Lipinski definition) is 3. The summed E-state index contributed by atoms with van der Waals surface area (Å²) in [6.45, 7) is 3.16. The van der Waals surface area contributed by atoms with Gasteiger partial charge in [-0.25, -0.2) is 0 Å². The molecule has 1 saturated heterocycles. The molecule has 2 rings (SSSR count). The number of rotatable bonds is 3. The molecule has 1 atom stereocenters. The van der Waals surface area contributed by atoms with Crippen LogP contribution in [0.3, 0.4) is 0 Å². The molecule has 0 amide bonds. The van der Waals surface area contributed by atoms with Crippen LogP contribution in [-0.2, 0) is 11.3 Å². The molecule has 0 N–H and O–H groups in total. The number of ether oxygens (including phenoxy) is 1. The van der Waals surface area contributed by atoms with Crippen molar-refractivity contribution in [1.82, 2.24) is 9.78 Å². The average molecular weight is 194 g/mol. The summed E-state index contributed by atoms with van der Waals surface area (Å²) in [5.74, 6) is 0.0589. The maximum Gasteiger partial charge on any atom is 0.162 e. The van der Waals surface area contributed by atoms with Crippen molar-refractivity contribution in [1.29, 1.82) is 0 Å². The minimum atomic E-state index is 0.0589. The fourth-order valence-corrected chi connectivity index (χ4v) is 1.64. The van der Waals surface area contributed by atoms with Gasteiger partial charge in [0.25, 0.3) is 0 Å². The van der Waals surface area contributed by atoms with E-state index in [0.29, 0.717) is 5.56 Å². The van der Waals surface area contributed by atoms with Crippen molar-refractivity contribution in [3.63, 3.8) is 0 Å². The van der Waals surface area contributed by atoms with Crippen molar-refractivity contribution in [2.24, 2.45) is 0 Å². The Bertz CT molecular complexity index is 327. The molecular weight excluding hydrogens is 180 g/mol. The molecule has 0 saturated carbocycles.